The molecule has 0 aliphatic heterocycles. The number of hydrogen-bond acceptors (Lipinski definition) is 4. The van der Waals surface area contributed by atoms with E-state index in [1.807, 2.05) is 0 Å². The fourth-order valence-electron chi connectivity index (χ4n) is 2.57. The Morgan fingerprint density at radius 1 is 1.33 bits per heavy atom. The third-order valence-corrected chi connectivity index (χ3v) is 3.60. The van der Waals surface area contributed by atoms with E-state index >= 15 is 0 Å². The highest BCUT2D eigenvalue weighted by Gasteiger charge is 2.21. The molecular weight excluding hydrogens is 272 g/mol. The van der Waals surface area contributed by atoms with Crippen LogP contribution in [-0.4, -0.2) is 53.8 Å². The molecule has 0 aromatic heterocycles. The van der Waals surface area contributed by atoms with E-state index in [0.717, 1.165) is 25.7 Å². The molecule has 0 radical (unpaired) electrons. The van der Waals surface area contributed by atoms with Crippen molar-refractivity contribution in [2.75, 3.05) is 19.7 Å². The predicted octanol–water partition coefficient (Wildman–Crippen LogP) is 1.66. The summed E-state index contributed by atoms with van der Waals surface area (Å²) in [4.78, 5) is 25.2. The molecule has 21 heavy (non-hydrogen) atoms. The summed E-state index contributed by atoms with van der Waals surface area (Å²) in [6.07, 6.45) is 5.06. The summed E-state index contributed by atoms with van der Waals surface area (Å²) in [5.41, 5.74) is 0. The molecule has 0 spiro atoms. The van der Waals surface area contributed by atoms with Crippen molar-refractivity contribution in [2.45, 2.75) is 64.5 Å². The SMILES string of the molecule is CCOC(=O)CCN(CC(C)O)C(=O)NC1CCCCC1. The zero-order chi connectivity index (χ0) is 15.7. The summed E-state index contributed by atoms with van der Waals surface area (Å²) >= 11 is 0. The molecule has 1 rings (SSSR count). The van der Waals surface area contributed by atoms with Gasteiger partial charge in [0, 0.05) is 19.1 Å². The largest absolute Gasteiger partial charge is 0.466 e. The van der Waals surface area contributed by atoms with Crippen LogP contribution in [0.25, 0.3) is 0 Å². The van der Waals surface area contributed by atoms with Crippen molar-refractivity contribution < 1.29 is 19.4 Å². The Kier molecular flexibility index (Phi) is 8.12. The highest BCUT2D eigenvalue weighted by molar-refractivity contribution is 5.76. The Morgan fingerprint density at radius 2 is 2.00 bits per heavy atom. The number of carbonyl (C=O) groups is 2. The third kappa shape index (κ3) is 7.32. The lowest BCUT2D eigenvalue weighted by atomic mass is 9.96. The van der Waals surface area contributed by atoms with Gasteiger partial charge >= 0.3 is 12.0 Å². The van der Waals surface area contributed by atoms with Crippen LogP contribution in [0.3, 0.4) is 0 Å². The van der Waals surface area contributed by atoms with Gasteiger partial charge in [0.1, 0.15) is 0 Å². The van der Waals surface area contributed by atoms with Crippen molar-refractivity contribution in [1.82, 2.24) is 10.2 Å². The maximum absolute atomic E-state index is 12.3. The highest BCUT2D eigenvalue weighted by Crippen LogP contribution is 2.17. The standard InChI is InChI=1S/C15H28N2O4/c1-3-21-14(19)9-10-17(11-12(2)18)15(20)16-13-7-5-4-6-8-13/h12-13,18H,3-11H2,1-2H3,(H,16,20). The van der Waals surface area contributed by atoms with Gasteiger partial charge in [-0.25, -0.2) is 4.79 Å². The number of ether oxygens (including phenoxy) is 1. The quantitative estimate of drug-likeness (QED) is 0.701. The predicted molar refractivity (Wildman–Crippen MR) is 79.9 cm³/mol. The second kappa shape index (κ2) is 9.60. The molecule has 0 aromatic carbocycles. The number of hydrogen-bond donors (Lipinski definition) is 2. The molecule has 1 aliphatic carbocycles. The lowest BCUT2D eigenvalue weighted by molar-refractivity contribution is -0.143. The van der Waals surface area contributed by atoms with Crippen LogP contribution in [-0.2, 0) is 9.53 Å². The highest BCUT2D eigenvalue weighted by atomic mass is 16.5. The molecule has 0 saturated heterocycles. The smallest absolute Gasteiger partial charge is 0.317 e. The normalized spacial score (nSPS) is 17.1. The number of amides is 2. The van der Waals surface area contributed by atoms with Crippen LogP contribution in [0.1, 0.15) is 52.4 Å². The van der Waals surface area contributed by atoms with Crippen LogP contribution in [0.15, 0.2) is 0 Å². The summed E-state index contributed by atoms with van der Waals surface area (Å²) in [6.45, 7) is 4.20. The minimum Gasteiger partial charge on any atom is -0.466 e. The molecule has 1 unspecified atom stereocenters. The summed E-state index contributed by atoms with van der Waals surface area (Å²) in [5.74, 6) is -0.321. The molecule has 0 aromatic rings. The Bertz CT molecular complexity index is 328. The molecule has 1 aliphatic rings. The monoisotopic (exact) mass is 300 g/mol. The minimum absolute atomic E-state index is 0.151. The number of aliphatic hydroxyl groups excluding tert-OH is 1. The molecule has 6 nitrogen and oxygen atoms in total. The first-order valence-corrected chi connectivity index (χ1v) is 7.92. The van der Waals surface area contributed by atoms with Crippen LogP contribution in [0, 0.1) is 0 Å². The van der Waals surface area contributed by atoms with Gasteiger partial charge < -0.3 is 20.1 Å². The van der Waals surface area contributed by atoms with E-state index < -0.39 is 6.10 Å². The van der Waals surface area contributed by atoms with Gasteiger partial charge in [0.2, 0.25) is 0 Å². The van der Waals surface area contributed by atoms with Gasteiger partial charge in [0.05, 0.1) is 19.1 Å². The van der Waals surface area contributed by atoms with E-state index in [-0.39, 0.29) is 37.6 Å². The first kappa shape index (κ1) is 17.8. The summed E-state index contributed by atoms with van der Waals surface area (Å²) < 4.78 is 4.87. The number of aliphatic hydroxyl groups is 1. The molecule has 2 N–H and O–H groups in total. The van der Waals surface area contributed by atoms with Crippen molar-refractivity contribution in [3.05, 3.63) is 0 Å². The Morgan fingerprint density at radius 3 is 2.57 bits per heavy atom. The first-order valence-electron chi connectivity index (χ1n) is 7.92. The maximum atomic E-state index is 12.3. The molecule has 0 bridgehead atoms. The fourth-order valence-corrected chi connectivity index (χ4v) is 2.57. The average Bonchev–Trinajstić information content (AvgIpc) is 2.44. The summed E-state index contributed by atoms with van der Waals surface area (Å²) in [6, 6.07) is 0.0115. The Balaban J connectivity index is 2.46. The van der Waals surface area contributed by atoms with Crippen LogP contribution in [0.2, 0.25) is 0 Å². The second-order valence-electron chi connectivity index (χ2n) is 5.63. The van der Waals surface area contributed by atoms with Gasteiger partial charge in [-0.3, -0.25) is 4.79 Å². The maximum Gasteiger partial charge on any atom is 0.317 e. The number of nitrogens with zero attached hydrogens (tertiary/aromatic N) is 1. The first-order chi connectivity index (χ1) is 10.0. The van der Waals surface area contributed by atoms with Gasteiger partial charge in [0.15, 0.2) is 0 Å². The van der Waals surface area contributed by atoms with Crippen LogP contribution in [0.4, 0.5) is 4.79 Å². The Labute approximate surface area is 126 Å². The van der Waals surface area contributed by atoms with Gasteiger partial charge in [-0.05, 0) is 26.7 Å². The Hall–Kier alpha value is -1.30. The lowest BCUT2D eigenvalue weighted by Crippen LogP contribution is -2.48. The fraction of sp³-hybridized carbons (Fsp3) is 0.867. The van der Waals surface area contributed by atoms with Crippen molar-refractivity contribution in [1.29, 1.82) is 0 Å². The van der Waals surface area contributed by atoms with Crippen LogP contribution >= 0.6 is 0 Å². The van der Waals surface area contributed by atoms with E-state index in [0.29, 0.717) is 6.61 Å². The average molecular weight is 300 g/mol. The molecule has 122 valence electrons. The van der Waals surface area contributed by atoms with Crippen molar-refractivity contribution in [2.24, 2.45) is 0 Å². The lowest BCUT2D eigenvalue weighted by Gasteiger charge is -2.29. The molecule has 1 fully saturated rings. The summed E-state index contributed by atoms with van der Waals surface area (Å²) in [7, 11) is 0. The molecule has 2 amide bonds. The van der Waals surface area contributed by atoms with Gasteiger partial charge in [-0.1, -0.05) is 19.3 Å². The molecule has 1 atom stereocenters. The minimum atomic E-state index is -0.621. The van der Waals surface area contributed by atoms with Gasteiger partial charge in [0.25, 0.3) is 0 Å². The third-order valence-electron chi connectivity index (χ3n) is 3.60. The van der Waals surface area contributed by atoms with Crippen molar-refractivity contribution in [3.63, 3.8) is 0 Å². The van der Waals surface area contributed by atoms with Crippen molar-refractivity contribution in [3.8, 4) is 0 Å². The molecule has 1 saturated carbocycles. The molecular formula is C15H28N2O4. The number of urea groups is 1. The van der Waals surface area contributed by atoms with E-state index in [1.54, 1.807) is 13.8 Å². The van der Waals surface area contributed by atoms with Crippen LogP contribution < -0.4 is 5.32 Å². The van der Waals surface area contributed by atoms with E-state index in [1.165, 1.54) is 11.3 Å². The summed E-state index contributed by atoms with van der Waals surface area (Å²) in [5, 5.41) is 12.5. The molecule has 6 heteroatoms. The van der Waals surface area contributed by atoms with E-state index in [2.05, 4.69) is 5.32 Å². The zero-order valence-electron chi connectivity index (χ0n) is 13.1. The van der Waals surface area contributed by atoms with Crippen molar-refractivity contribution >= 4 is 12.0 Å². The second-order valence-corrected chi connectivity index (χ2v) is 5.63. The van der Waals surface area contributed by atoms with Gasteiger partial charge in [-0.2, -0.15) is 0 Å². The van der Waals surface area contributed by atoms with Crippen LogP contribution in [0.5, 0.6) is 0 Å². The number of carbonyl (C=O) groups excluding carboxylic acids is 2. The number of nitrogens with one attached hydrogen (secondary N) is 1. The topological polar surface area (TPSA) is 78.9 Å². The van der Waals surface area contributed by atoms with E-state index in [9.17, 15) is 14.7 Å². The zero-order valence-corrected chi connectivity index (χ0v) is 13.1. The number of rotatable bonds is 7. The number of esters is 1. The molecule has 0 heterocycles. The van der Waals surface area contributed by atoms with Gasteiger partial charge in [-0.15, -0.1) is 0 Å². The van der Waals surface area contributed by atoms with E-state index in [4.69, 9.17) is 4.74 Å².